The first-order valence-corrected chi connectivity index (χ1v) is 7.50. The van der Waals surface area contributed by atoms with Crippen LogP contribution in [0.25, 0.3) is 0 Å². The number of phenols is 1. The Balaban J connectivity index is 2.33. The predicted octanol–water partition coefficient (Wildman–Crippen LogP) is 1.82. The van der Waals surface area contributed by atoms with Crippen LogP contribution in [-0.2, 0) is 9.59 Å². The normalized spacial score (nSPS) is 21.5. The molecule has 1 aliphatic heterocycles. The van der Waals surface area contributed by atoms with Crippen molar-refractivity contribution in [1.82, 2.24) is 9.80 Å². The van der Waals surface area contributed by atoms with Crippen molar-refractivity contribution in [3.63, 3.8) is 0 Å². The van der Waals surface area contributed by atoms with Crippen molar-refractivity contribution in [2.75, 3.05) is 27.2 Å². The van der Waals surface area contributed by atoms with Crippen LogP contribution < -0.4 is 0 Å². The standard InChI is InChI=1S/C17H24N2O3/c1-17(2)11-14(21)19(9-8-18(3)4)16(22)15(17)12-6-5-7-13(20)10-12/h5-7,10,15,20H,8-9,11H2,1-4H3. The zero-order valence-electron chi connectivity index (χ0n) is 13.7. The zero-order chi connectivity index (χ0) is 16.5. The summed E-state index contributed by atoms with van der Waals surface area (Å²) in [5.41, 5.74) is 0.300. The number of rotatable bonds is 4. The van der Waals surface area contributed by atoms with Gasteiger partial charge in [-0.1, -0.05) is 26.0 Å². The van der Waals surface area contributed by atoms with Crippen molar-refractivity contribution >= 4 is 11.8 Å². The fourth-order valence-electron chi connectivity index (χ4n) is 3.03. The highest BCUT2D eigenvalue weighted by Gasteiger charge is 2.46. The first kappa shape index (κ1) is 16.5. The van der Waals surface area contributed by atoms with Gasteiger partial charge in [-0.25, -0.2) is 0 Å². The molecule has 1 aromatic carbocycles. The molecule has 0 radical (unpaired) electrons. The quantitative estimate of drug-likeness (QED) is 0.862. The molecule has 0 spiro atoms. The number of likely N-dealkylation sites (N-methyl/N-ethyl adjacent to an activating group) is 1. The smallest absolute Gasteiger partial charge is 0.237 e. The highest BCUT2D eigenvalue weighted by Crippen LogP contribution is 2.44. The number of hydrogen-bond donors (Lipinski definition) is 1. The fraction of sp³-hybridized carbons (Fsp3) is 0.529. The van der Waals surface area contributed by atoms with Crippen LogP contribution in [0, 0.1) is 5.41 Å². The molecular formula is C17H24N2O3. The van der Waals surface area contributed by atoms with Crippen LogP contribution in [0.15, 0.2) is 24.3 Å². The molecule has 5 heteroatoms. The third-order valence-corrected chi connectivity index (χ3v) is 4.18. The van der Waals surface area contributed by atoms with Gasteiger partial charge >= 0.3 is 0 Å². The molecule has 0 saturated carbocycles. The summed E-state index contributed by atoms with van der Waals surface area (Å²) in [6, 6.07) is 6.77. The molecule has 0 bridgehead atoms. The first-order valence-electron chi connectivity index (χ1n) is 7.50. The molecule has 120 valence electrons. The summed E-state index contributed by atoms with van der Waals surface area (Å²) in [6.07, 6.45) is 0.326. The number of benzene rings is 1. The largest absolute Gasteiger partial charge is 0.508 e. The van der Waals surface area contributed by atoms with Crippen molar-refractivity contribution in [2.45, 2.75) is 26.2 Å². The lowest BCUT2D eigenvalue weighted by molar-refractivity contribution is -0.154. The van der Waals surface area contributed by atoms with Gasteiger partial charge in [-0.15, -0.1) is 0 Å². The van der Waals surface area contributed by atoms with E-state index < -0.39 is 11.3 Å². The number of hydrogen-bond acceptors (Lipinski definition) is 4. The molecule has 22 heavy (non-hydrogen) atoms. The molecule has 1 aromatic rings. The van der Waals surface area contributed by atoms with E-state index in [9.17, 15) is 14.7 Å². The molecule has 1 fully saturated rings. The molecule has 2 amide bonds. The molecule has 1 atom stereocenters. The monoisotopic (exact) mass is 304 g/mol. The van der Waals surface area contributed by atoms with Crippen LogP contribution >= 0.6 is 0 Å². The second kappa shape index (κ2) is 6.08. The zero-order valence-corrected chi connectivity index (χ0v) is 13.7. The lowest BCUT2D eigenvalue weighted by atomic mass is 9.69. The minimum Gasteiger partial charge on any atom is -0.508 e. The Bertz CT molecular complexity index is 581. The molecule has 0 aliphatic carbocycles. The number of amides is 2. The van der Waals surface area contributed by atoms with Gasteiger partial charge in [-0.2, -0.15) is 0 Å². The molecule has 1 aliphatic rings. The summed E-state index contributed by atoms with van der Waals surface area (Å²) in [7, 11) is 3.82. The lowest BCUT2D eigenvalue weighted by Gasteiger charge is -2.42. The Morgan fingerprint density at radius 3 is 2.59 bits per heavy atom. The maximum absolute atomic E-state index is 12.9. The molecule has 1 heterocycles. The van der Waals surface area contributed by atoms with Gasteiger partial charge in [0, 0.05) is 19.5 Å². The number of imide groups is 1. The van der Waals surface area contributed by atoms with Crippen molar-refractivity contribution < 1.29 is 14.7 Å². The highest BCUT2D eigenvalue weighted by molar-refractivity contribution is 6.02. The minimum atomic E-state index is -0.462. The Kier molecular flexibility index (Phi) is 4.56. The van der Waals surface area contributed by atoms with Gasteiger partial charge in [-0.3, -0.25) is 14.5 Å². The maximum Gasteiger partial charge on any atom is 0.237 e. The van der Waals surface area contributed by atoms with E-state index in [1.54, 1.807) is 18.2 Å². The van der Waals surface area contributed by atoms with Crippen LogP contribution in [0.5, 0.6) is 5.75 Å². The van der Waals surface area contributed by atoms with Crippen LogP contribution in [-0.4, -0.2) is 53.9 Å². The SMILES string of the molecule is CN(C)CCN1C(=O)CC(C)(C)C(c2cccc(O)c2)C1=O. The third-order valence-electron chi connectivity index (χ3n) is 4.18. The van der Waals surface area contributed by atoms with Crippen LogP contribution in [0.1, 0.15) is 31.7 Å². The van der Waals surface area contributed by atoms with E-state index in [0.29, 0.717) is 19.5 Å². The van der Waals surface area contributed by atoms with Crippen LogP contribution in [0.2, 0.25) is 0 Å². The van der Waals surface area contributed by atoms with Gasteiger partial charge in [0.05, 0.1) is 5.92 Å². The average Bonchev–Trinajstić information content (AvgIpc) is 2.36. The Labute approximate surface area is 131 Å². The number of carbonyl (C=O) groups is 2. The van der Waals surface area contributed by atoms with Gasteiger partial charge in [0.2, 0.25) is 11.8 Å². The van der Waals surface area contributed by atoms with Crippen LogP contribution in [0.3, 0.4) is 0 Å². The average molecular weight is 304 g/mol. The molecular weight excluding hydrogens is 280 g/mol. The highest BCUT2D eigenvalue weighted by atomic mass is 16.3. The Morgan fingerprint density at radius 1 is 1.32 bits per heavy atom. The van der Waals surface area contributed by atoms with E-state index in [1.807, 2.05) is 38.9 Å². The summed E-state index contributed by atoms with van der Waals surface area (Å²) in [4.78, 5) is 28.5. The van der Waals surface area contributed by atoms with Gasteiger partial charge in [-0.05, 0) is 37.2 Å². The number of phenolic OH excluding ortho intramolecular Hbond substituents is 1. The topological polar surface area (TPSA) is 60.9 Å². The van der Waals surface area contributed by atoms with Crippen molar-refractivity contribution in [3.05, 3.63) is 29.8 Å². The molecule has 1 unspecified atom stereocenters. The minimum absolute atomic E-state index is 0.117. The number of nitrogens with zero attached hydrogens (tertiary/aromatic N) is 2. The lowest BCUT2D eigenvalue weighted by Crippen LogP contribution is -2.52. The van der Waals surface area contributed by atoms with Crippen molar-refractivity contribution in [1.29, 1.82) is 0 Å². The van der Waals surface area contributed by atoms with E-state index in [0.717, 1.165) is 5.56 Å². The summed E-state index contributed by atoms with van der Waals surface area (Å²) in [5.74, 6) is -0.570. The Morgan fingerprint density at radius 2 is 2.00 bits per heavy atom. The van der Waals surface area contributed by atoms with Crippen LogP contribution in [0.4, 0.5) is 0 Å². The number of aromatic hydroxyl groups is 1. The van der Waals surface area contributed by atoms with E-state index in [2.05, 4.69) is 0 Å². The second-order valence-electron chi connectivity index (χ2n) is 6.88. The molecule has 0 aromatic heterocycles. The van der Waals surface area contributed by atoms with Crippen molar-refractivity contribution in [3.8, 4) is 5.75 Å². The first-order chi connectivity index (χ1) is 10.2. The number of likely N-dealkylation sites (tertiary alicyclic amines) is 1. The molecule has 5 nitrogen and oxygen atoms in total. The fourth-order valence-corrected chi connectivity index (χ4v) is 3.03. The van der Waals surface area contributed by atoms with E-state index in [-0.39, 0.29) is 17.6 Å². The third kappa shape index (κ3) is 3.30. The van der Waals surface area contributed by atoms with Crippen molar-refractivity contribution in [2.24, 2.45) is 5.41 Å². The van der Waals surface area contributed by atoms with Gasteiger partial charge in [0.25, 0.3) is 0 Å². The van der Waals surface area contributed by atoms with E-state index >= 15 is 0 Å². The molecule has 1 saturated heterocycles. The summed E-state index contributed by atoms with van der Waals surface area (Å²) < 4.78 is 0. The molecule has 2 rings (SSSR count). The van der Waals surface area contributed by atoms with Gasteiger partial charge in [0.15, 0.2) is 0 Å². The maximum atomic E-state index is 12.9. The van der Waals surface area contributed by atoms with E-state index in [1.165, 1.54) is 4.90 Å². The van der Waals surface area contributed by atoms with Gasteiger partial charge in [0.1, 0.15) is 5.75 Å². The number of piperidine rings is 1. The summed E-state index contributed by atoms with van der Waals surface area (Å²) in [6.45, 7) is 4.91. The van der Waals surface area contributed by atoms with E-state index in [4.69, 9.17) is 0 Å². The van der Waals surface area contributed by atoms with Gasteiger partial charge < -0.3 is 10.0 Å². The summed E-state index contributed by atoms with van der Waals surface area (Å²) >= 11 is 0. The number of carbonyl (C=O) groups excluding carboxylic acids is 2. The summed E-state index contributed by atoms with van der Waals surface area (Å²) in [5, 5.41) is 9.70. The predicted molar refractivity (Wildman–Crippen MR) is 84.5 cm³/mol. The Hall–Kier alpha value is -1.88. The second-order valence-corrected chi connectivity index (χ2v) is 6.88. The molecule has 1 N–H and O–H groups in total.